The van der Waals surface area contributed by atoms with Crippen LogP contribution in [0.1, 0.15) is 18.4 Å². The molecule has 0 atom stereocenters. The van der Waals surface area contributed by atoms with Crippen molar-refractivity contribution in [3.63, 3.8) is 0 Å². The van der Waals surface area contributed by atoms with Gasteiger partial charge in [-0.1, -0.05) is 41.7 Å². The Morgan fingerprint density at radius 3 is 2.40 bits per heavy atom. The molecular weight excluding hydrogens is 398 g/mol. The van der Waals surface area contributed by atoms with Gasteiger partial charge in [0, 0.05) is 25.1 Å². The fraction of sp³-hybridized carbons (Fsp3) is 0.391. The fourth-order valence-corrected chi connectivity index (χ4v) is 4.28. The average molecular weight is 428 g/mol. The molecule has 160 valence electrons. The molecule has 3 rings (SSSR count). The number of hydrogen-bond donors (Lipinski definition) is 0. The molecule has 0 saturated carbocycles. The van der Waals surface area contributed by atoms with Crippen molar-refractivity contribution >= 4 is 32.6 Å². The maximum Gasteiger partial charge on any atom is 0.229 e. The number of aryl methyl sites for hydroxylation is 1. The molecule has 0 spiro atoms. The Balaban J connectivity index is 1.84. The maximum atomic E-state index is 13.1. The predicted octanol–water partition coefficient (Wildman–Crippen LogP) is 4.23. The van der Waals surface area contributed by atoms with Gasteiger partial charge in [0.25, 0.3) is 0 Å². The van der Waals surface area contributed by atoms with Crippen LogP contribution in [0.5, 0.6) is 11.5 Å². The summed E-state index contributed by atoms with van der Waals surface area (Å²) >= 11 is 1.51. The van der Waals surface area contributed by atoms with E-state index >= 15 is 0 Å². The molecule has 7 heteroatoms. The molecule has 3 aromatic rings. The summed E-state index contributed by atoms with van der Waals surface area (Å²) in [4.78, 5) is 21.8. The van der Waals surface area contributed by atoms with Gasteiger partial charge in [-0.2, -0.15) is 0 Å². The van der Waals surface area contributed by atoms with E-state index < -0.39 is 0 Å². The van der Waals surface area contributed by atoms with Gasteiger partial charge in [-0.15, -0.1) is 0 Å². The average Bonchev–Trinajstić information content (AvgIpc) is 3.16. The highest BCUT2D eigenvalue weighted by Crippen LogP contribution is 2.37. The highest BCUT2D eigenvalue weighted by molar-refractivity contribution is 7.22. The number of aromatic nitrogens is 1. The Hall–Kier alpha value is -2.64. The number of amides is 1. The number of benzene rings is 2. The van der Waals surface area contributed by atoms with Gasteiger partial charge in [-0.05, 0) is 39.0 Å². The van der Waals surface area contributed by atoms with Gasteiger partial charge >= 0.3 is 0 Å². The topological polar surface area (TPSA) is 54.9 Å². The first kappa shape index (κ1) is 22.1. The summed E-state index contributed by atoms with van der Waals surface area (Å²) in [7, 11) is 7.31. The number of nitrogens with zero attached hydrogens (tertiary/aromatic N) is 3. The molecule has 0 aliphatic carbocycles. The molecule has 1 amide bonds. The van der Waals surface area contributed by atoms with Gasteiger partial charge in [-0.3, -0.25) is 9.69 Å². The van der Waals surface area contributed by atoms with Gasteiger partial charge in [0.05, 0.1) is 24.4 Å². The van der Waals surface area contributed by atoms with E-state index in [9.17, 15) is 4.79 Å². The van der Waals surface area contributed by atoms with E-state index in [0.717, 1.165) is 40.3 Å². The molecule has 1 aromatic heterocycles. The zero-order chi connectivity index (χ0) is 21.5. The number of anilines is 1. The van der Waals surface area contributed by atoms with Crippen molar-refractivity contribution in [3.8, 4) is 11.5 Å². The Morgan fingerprint density at radius 2 is 1.73 bits per heavy atom. The molecule has 6 nitrogen and oxygen atoms in total. The van der Waals surface area contributed by atoms with Crippen LogP contribution in [0.4, 0.5) is 5.13 Å². The molecule has 30 heavy (non-hydrogen) atoms. The van der Waals surface area contributed by atoms with E-state index in [2.05, 4.69) is 17.0 Å². The third-order valence-electron chi connectivity index (χ3n) is 4.87. The summed E-state index contributed by atoms with van der Waals surface area (Å²) in [6.07, 6.45) is 2.05. The molecule has 0 unspecified atom stereocenters. The summed E-state index contributed by atoms with van der Waals surface area (Å²) in [6, 6.07) is 13.9. The molecule has 0 aliphatic heterocycles. The summed E-state index contributed by atoms with van der Waals surface area (Å²) in [5.41, 5.74) is 1.97. The van der Waals surface area contributed by atoms with E-state index in [1.54, 1.807) is 14.2 Å². The number of hydrogen-bond acceptors (Lipinski definition) is 6. The maximum absolute atomic E-state index is 13.1. The van der Waals surface area contributed by atoms with Crippen molar-refractivity contribution in [2.75, 3.05) is 46.3 Å². The van der Waals surface area contributed by atoms with Crippen LogP contribution in [-0.2, 0) is 11.2 Å². The largest absolute Gasteiger partial charge is 0.493 e. The normalized spacial score (nSPS) is 11.1. The van der Waals surface area contributed by atoms with Gasteiger partial charge in [0.15, 0.2) is 16.6 Å². The van der Waals surface area contributed by atoms with E-state index in [-0.39, 0.29) is 5.91 Å². The number of ether oxygens (including phenoxy) is 2. The quantitative estimate of drug-likeness (QED) is 0.485. The molecule has 0 N–H and O–H groups in total. The fourth-order valence-electron chi connectivity index (χ4n) is 3.26. The van der Waals surface area contributed by atoms with Crippen LogP contribution < -0.4 is 14.4 Å². The van der Waals surface area contributed by atoms with Gasteiger partial charge < -0.3 is 14.4 Å². The van der Waals surface area contributed by atoms with Crippen LogP contribution in [0.25, 0.3) is 10.2 Å². The van der Waals surface area contributed by atoms with Crippen LogP contribution in [0.3, 0.4) is 0 Å². The molecule has 1 heterocycles. The number of methoxy groups -OCH3 is 2. The van der Waals surface area contributed by atoms with E-state index in [1.165, 1.54) is 11.3 Å². The van der Waals surface area contributed by atoms with Crippen molar-refractivity contribution < 1.29 is 14.3 Å². The third kappa shape index (κ3) is 5.49. The van der Waals surface area contributed by atoms with Crippen molar-refractivity contribution in [2.45, 2.75) is 19.3 Å². The van der Waals surface area contributed by atoms with Crippen LogP contribution in [-0.4, -0.2) is 57.2 Å². The molecule has 0 aliphatic rings. The molecule has 0 saturated heterocycles. The Morgan fingerprint density at radius 1 is 1.03 bits per heavy atom. The second kappa shape index (κ2) is 10.4. The first-order valence-electron chi connectivity index (χ1n) is 10.0. The predicted molar refractivity (Wildman–Crippen MR) is 123 cm³/mol. The van der Waals surface area contributed by atoms with Crippen molar-refractivity contribution in [2.24, 2.45) is 0 Å². The summed E-state index contributed by atoms with van der Waals surface area (Å²) < 4.78 is 11.8. The van der Waals surface area contributed by atoms with Crippen LogP contribution in [0.2, 0.25) is 0 Å². The minimum atomic E-state index is 0.0931. The van der Waals surface area contributed by atoms with Crippen LogP contribution in [0.15, 0.2) is 42.5 Å². The minimum Gasteiger partial charge on any atom is -0.493 e. The van der Waals surface area contributed by atoms with Crippen LogP contribution >= 0.6 is 11.3 Å². The SMILES string of the molecule is COc1cc2nc(N(CCCN(C)C)C(=O)CCc3ccccc3)sc2cc1OC. The molecule has 0 fully saturated rings. The zero-order valence-electron chi connectivity index (χ0n) is 18.1. The molecule has 0 radical (unpaired) electrons. The number of carbonyl (C=O) groups is 1. The first-order valence-corrected chi connectivity index (χ1v) is 10.8. The van der Waals surface area contributed by atoms with Gasteiger partial charge in [-0.25, -0.2) is 4.98 Å². The van der Waals surface area contributed by atoms with Gasteiger partial charge in [0.1, 0.15) is 0 Å². The third-order valence-corrected chi connectivity index (χ3v) is 5.91. The van der Waals surface area contributed by atoms with E-state index in [4.69, 9.17) is 14.5 Å². The lowest BCUT2D eigenvalue weighted by atomic mass is 10.1. The summed E-state index contributed by atoms with van der Waals surface area (Å²) in [5.74, 6) is 1.39. The van der Waals surface area contributed by atoms with Crippen LogP contribution in [0, 0.1) is 0 Å². The Labute approximate surface area is 182 Å². The summed E-state index contributed by atoms with van der Waals surface area (Å²) in [5, 5.41) is 0.720. The molecule has 0 bridgehead atoms. The van der Waals surface area contributed by atoms with Crippen molar-refractivity contribution in [1.29, 1.82) is 0 Å². The summed E-state index contributed by atoms with van der Waals surface area (Å²) in [6.45, 7) is 1.55. The number of thiazole rings is 1. The lowest BCUT2D eigenvalue weighted by Crippen LogP contribution is -2.33. The standard InChI is InChI=1S/C23H29N3O3S/c1-25(2)13-8-14-26(22(27)12-11-17-9-6-5-7-10-17)23-24-18-15-19(28-3)20(29-4)16-21(18)30-23/h5-7,9-10,15-16H,8,11-14H2,1-4H3. The Kier molecular flexibility index (Phi) is 7.65. The highest BCUT2D eigenvalue weighted by atomic mass is 32.1. The van der Waals surface area contributed by atoms with Gasteiger partial charge in [0.2, 0.25) is 5.91 Å². The zero-order valence-corrected chi connectivity index (χ0v) is 18.9. The number of carbonyl (C=O) groups excluding carboxylic acids is 1. The van der Waals surface area contributed by atoms with Crippen molar-refractivity contribution in [1.82, 2.24) is 9.88 Å². The smallest absolute Gasteiger partial charge is 0.229 e. The molecular formula is C23H29N3O3S. The number of rotatable bonds is 10. The second-order valence-electron chi connectivity index (χ2n) is 7.36. The minimum absolute atomic E-state index is 0.0931. The number of fused-ring (bicyclic) bond motifs is 1. The molecule has 2 aromatic carbocycles. The lowest BCUT2D eigenvalue weighted by Gasteiger charge is -2.21. The second-order valence-corrected chi connectivity index (χ2v) is 8.37. The van der Waals surface area contributed by atoms with E-state index in [0.29, 0.717) is 24.5 Å². The first-order chi connectivity index (χ1) is 14.5. The van der Waals surface area contributed by atoms with Crippen molar-refractivity contribution in [3.05, 3.63) is 48.0 Å². The highest BCUT2D eigenvalue weighted by Gasteiger charge is 2.20. The Bertz CT molecular complexity index is 931. The van der Waals surface area contributed by atoms with E-state index in [1.807, 2.05) is 49.3 Å². The monoisotopic (exact) mass is 427 g/mol. The lowest BCUT2D eigenvalue weighted by molar-refractivity contribution is -0.118.